The van der Waals surface area contributed by atoms with E-state index in [4.69, 9.17) is 5.73 Å². The molecule has 4 amide bonds. The van der Waals surface area contributed by atoms with E-state index in [-0.39, 0.29) is 32.1 Å². The van der Waals surface area contributed by atoms with E-state index in [9.17, 15) is 27.6 Å². The third-order valence-corrected chi connectivity index (χ3v) is 6.63. The second-order valence-electron chi connectivity index (χ2n) is 9.03. The van der Waals surface area contributed by atoms with Crippen molar-refractivity contribution in [2.24, 2.45) is 16.8 Å². The molecule has 0 saturated carbocycles. The molecule has 11 nitrogen and oxygen atoms in total. The van der Waals surface area contributed by atoms with Crippen molar-refractivity contribution in [3.63, 3.8) is 0 Å². The lowest BCUT2D eigenvalue weighted by Crippen LogP contribution is -2.55. The Bertz CT molecular complexity index is 1260. The minimum Gasteiger partial charge on any atom is -0.369 e. The molecule has 5 rings (SSSR count). The predicted molar refractivity (Wildman–Crippen MR) is 124 cm³/mol. The number of carbonyl (C=O) groups excluding carboxylic acids is 3. The summed E-state index contributed by atoms with van der Waals surface area (Å²) in [6.45, 7) is 1.33. The van der Waals surface area contributed by atoms with E-state index >= 15 is 0 Å². The molecule has 3 aliphatic rings. The number of anilines is 1. The Morgan fingerprint density at radius 3 is 2.27 bits per heavy atom. The van der Waals surface area contributed by atoms with Crippen LogP contribution in [-0.2, 0) is 4.79 Å². The summed E-state index contributed by atoms with van der Waals surface area (Å²) in [5.41, 5.74) is 5.13. The van der Waals surface area contributed by atoms with Crippen LogP contribution in [0.25, 0.3) is 0 Å². The first-order valence-electron chi connectivity index (χ1n) is 11.6. The van der Waals surface area contributed by atoms with E-state index in [0.717, 1.165) is 12.3 Å². The van der Waals surface area contributed by atoms with Crippen LogP contribution in [0.3, 0.4) is 0 Å². The van der Waals surface area contributed by atoms with Gasteiger partial charge in [-0.15, -0.1) is 0 Å². The van der Waals surface area contributed by atoms with Crippen LogP contribution in [0.2, 0.25) is 0 Å². The molecular formula is C23H23F3N8O3. The zero-order valence-corrected chi connectivity index (χ0v) is 19.6. The fourth-order valence-electron chi connectivity index (χ4n) is 4.52. The summed E-state index contributed by atoms with van der Waals surface area (Å²) in [4.78, 5) is 49.6. The van der Waals surface area contributed by atoms with Gasteiger partial charge in [0.1, 0.15) is 11.6 Å². The fraction of sp³-hybridized carbons (Fsp3) is 0.391. The van der Waals surface area contributed by atoms with Crippen molar-refractivity contribution in [3.05, 3.63) is 53.1 Å². The number of hydrogen-bond acceptors (Lipinski definition) is 7. The highest BCUT2D eigenvalue weighted by Crippen LogP contribution is 2.30. The Hall–Kier alpha value is -4.23. The van der Waals surface area contributed by atoms with Crippen LogP contribution >= 0.6 is 0 Å². The van der Waals surface area contributed by atoms with Gasteiger partial charge < -0.3 is 20.4 Å². The number of nitrogens with zero attached hydrogens (tertiary/aromatic N) is 7. The summed E-state index contributed by atoms with van der Waals surface area (Å²) in [5, 5.41) is 5.32. The maximum absolute atomic E-state index is 14.3. The molecule has 2 fully saturated rings. The fourth-order valence-corrected chi connectivity index (χ4v) is 4.52. The first kappa shape index (κ1) is 24.5. The number of hydrogen-bond donors (Lipinski definition) is 1. The molecule has 14 heteroatoms. The van der Waals surface area contributed by atoms with Gasteiger partial charge in [-0.05, 0) is 17.7 Å². The summed E-state index contributed by atoms with van der Waals surface area (Å²) in [5.74, 6) is -3.84. The number of piperazine rings is 1. The van der Waals surface area contributed by atoms with Crippen LogP contribution in [0.4, 0.5) is 23.9 Å². The standard InChI is InChI=1S/C23H23F3N8O3/c24-15-7-13(8-16(25)9-15)18-1-2-29-34(18)23(37)32-5-3-31(4-6-32)22-28-10-17(26)19(30-22)21(36)33-11-14(12-33)20(27)35/h2,7-10,14,18H,1,3-6,11-12H2,(H2,27,35). The van der Waals surface area contributed by atoms with Crippen molar-refractivity contribution < 1.29 is 27.6 Å². The molecule has 0 spiro atoms. The quantitative estimate of drug-likeness (QED) is 0.649. The molecule has 2 aromatic rings. The third-order valence-electron chi connectivity index (χ3n) is 6.63. The van der Waals surface area contributed by atoms with Crippen molar-refractivity contribution in [1.82, 2.24) is 24.8 Å². The summed E-state index contributed by atoms with van der Waals surface area (Å²) >= 11 is 0. The van der Waals surface area contributed by atoms with Crippen molar-refractivity contribution in [3.8, 4) is 0 Å². The highest BCUT2D eigenvalue weighted by atomic mass is 19.1. The van der Waals surface area contributed by atoms with Crippen molar-refractivity contribution in [1.29, 1.82) is 0 Å². The average Bonchev–Trinajstić information content (AvgIpc) is 3.32. The van der Waals surface area contributed by atoms with Gasteiger partial charge in [0.25, 0.3) is 5.91 Å². The number of hydrazone groups is 1. The monoisotopic (exact) mass is 516 g/mol. The van der Waals surface area contributed by atoms with Gasteiger partial charge in [-0.25, -0.2) is 32.9 Å². The van der Waals surface area contributed by atoms with Crippen LogP contribution in [0.5, 0.6) is 0 Å². The van der Waals surface area contributed by atoms with Gasteiger partial charge in [-0.3, -0.25) is 9.59 Å². The second-order valence-corrected chi connectivity index (χ2v) is 9.03. The highest BCUT2D eigenvalue weighted by Gasteiger charge is 2.37. The number of aromatic nitrogens is 2. The van der Waals surface area contributed by atoms with E-state index in [1.165, 1.54) is 28.3 Å². The highest BCUT2D eigenvalue weighted by molar-refractivity contribution is 5.94. The maximum Gasteiger partial charge on any atom is 0.341 e. The Morgan fingerprint density at radius 2 is 1.62 bits per heavy atom. The molecule has 194 valence electrons. The molecule has 2 N–H and O–H groups in total. The van der Waals surface area contributed by atoms with E-state index in [2.05, 4.69) is 15.1 Å². The van der Waals surface area contributed by atoms with Gasteiger partial charge in [0.2, 0.25) is 11.9 Å². The normalized spacial score (nSPS) is 19.8. The molecule has 1 atom stereocenters. The van der Waals surface area contributed by atoms with E-state index in [1.807, 2.05) is 0 Å². The average molecular weight is 516 g/mol. The van der Waals surface area contributed by atoms with E-state index in [0.29, 0.717) is 25.1 Å². The summed E-state index contributed by atoms with van der Waals surface area (Å²) in [7, 11) is 0. The third kappa shape index (κ3) is 4.78. The number of amides is 4. The second kappa shape index (κ2) is 9.67. The Balaban J connectivity index is 1.22. The molecule has 0 bridgehead atoms. The number of urea groups is 1. The van der Waals surface area contributed by atoms with Gasteiger partial charge in [0.15, 0.2) is 11.5 Å². The van der Waals surface area contributed by atoms with Crippen molar-refractivity contribution >= 4 is 30.0 Å². The number of likely N-dealkylation sites (tertiary alicyclic amines) is 1. The minimum atomic E-state index is -0.878. The first-order valence-corrected chi connectivity index (χ1v) is 11.6. The largest absolute Gasteiger partial charge is 0.369 e. The zero-order chi connectivity index (χ0) is 26.3. The lowest BCUT2D eigenvalue weighted by Gasteiger charge is -2.38. The van der Waals surface area contributed by atoms with Crippen LogP contribution in [-0.4, -0.2) is 88.1 Å². The summed E-state index contributed by atoms with van der Waals surface area (Å²) < 4.78 is 41.8. The van der Waals surface area contributed by atoms with Crippen molar-refractivity contribution in [2.45, 2.75) is 12.5 Å². The lowest BCUT2D eigenvalue weighted by molar-refractivity contribution is -0.125. The molecule has 1 unspecified atom stereocenters. The predicted octanol–water partition coefficient (Wildman–Crippen LogP) is 1.13. The van der Waals surface area contributed by atoms with Crippen LogP contribution in [0.15, 0.2) is 29.5 Å². The summed E-state index contributed by atoms with van der Waals surface area (Å²) in [6, 6.07) is 2.09. The number of benzene rings is 1. The van der Waals surface area contributed by atoms with Crippen LogP contribution < -0.4 is 10.6 Å². The van der Waals surface area contributed by atoms with Gasteiger partial charge in [-0.2, -0.15) is 5.10 Å². The zero-order valence-electron chi connectivity index (χ0n) is 19.6. The van der Waals surface area contributed by atoms with Gasteiger partial charge in [-0.1, -0.05) is 0 Å². The molecule has 3 aliphatic heterocycles. The van der Waals surface area contributed by atoms with Crippen molar-refractivity contribution in [2.75, 3.05) is 44.2 Å². The molecule has 0 radical (unpaired) electrons. The number of nitrogens with two attached hydrogens (primary N) is 1. The Kier molecular flexibility index (Phi) is 6.39. The molecule has 1 aromatic heterocycles. The lowest BCUT2D eigenvalue weighted by atomic mass is 9.99. The molecule has 1 aromatic carbocycles. The van der Waals surface area contributed by atoms with Crippen LogP contribution in [0, 0.1) is 23.4 Å². The Labute approximate surface area is 209 Å². The SMILES string of the molecule is NC(=O)C1CN(C(=O)c2nc(N3CCN(C(=O)N4N=CCC4c4cc(F)cc(F)c4)CC3)ncc2F)C1. The molecule has 4 heterocycles. The van der Waals surface area contributed by atoms with Crippen LogP contribution in [0.1, 0.15) is 28.5 Å². The smallest absolute Gasteiger partial charge is 0.341 e. The number of halogens is 3. The molecule has 37 heavy (non-hydrogen) atoms. The van der Waals surface area contributed by atoms with E-state index in [1.54, 1.807) is 9.80 Å². The Morgan fingerprint density at radius 1 is 0.946 bits per heavy atom. The number of carbonyl (C=O) groups is 3. The minimum absolute atomic E-state index is 0.107. The summed E-state index contributed by atoms with van der Waals surface area (Å²) in [6.07, 6.45) is 2.77. The topological polar surface area (TPSA) is 128 Å². The maximum atomic E-state index is 14.3. The molecule has 2 saturated heterocycles. The van der Waals surface area contributed by atoms with Gasteiger partial charge in [0.05, 0.1) is 18.2 Å². The van der Waals surface area contributed by atoms with Gasteiger partial charge in [0, 0.05) is 58.0 Å². The number of primary amides is 1. The number of rotatable bonds is 4. The van der Waals surface area contributed by atoms with E-state index < -0.39 is 53.0 Å². The first-order chi connectivity index (χ1) is 17.7. The van der Waals surface area contributed by atoms with Gasteiger partial charge >= 0.3 is 6.03 Å². The molecular weight excluding hydrogens is 493 g/mol. The molecule has 0 aliphatic carbocycles.